The Hall–Kier alpha value is -2.09. The Morgan fingerprint density at radius 1 is 0.977 bits per heavy atom. The number of piperazine rings is 1. The Bertz CT molecular complexity index is 1220. The molecule has 3 atom stereocenters. The molecule has 236 valence electrons. The van der Waals surface area contributed by atoms with E-state index in [9.17, 15) is 9.59 Å². The lowest BCUT2D eigenvalue weighted by molar-refractivity contribution is -0.138. The van der Waals surface area contributed by atoms with Gasteiger partial charge in [0.2, 0.25) is 11.8 Å². The maximum Gasteiger partial charge on any atom is 0.245 e. The Labute approximate surface area is 274 Å². The van der Waals surface area contributed by atoms with Crippen molar-refractivity contribution in [3.8, 4) is 0 Å². The minimum absolute atomic E-state index is 0. The van der Waals surface area contributed by atoms with E-state index < -0.39 is 6.04 Å². The summed E-state index contributed by atoms with van der Waals surface area (Å²) in [6.07, 6.45) is 9.79. The highest BCUT2D eigenvalue weighted by atomic mass is 35.5. The average Bonchev–Trinajstić information content (AvgIpc) is 3.39. The SMILES string of the molecule is CC(C)=CC(C1CCCCC1)N1CCN(C(=O)[C@@H](Cc2ccc(Cl)cc2)NC(=O)CC2NCc3ccccc32)CC1.Cl.Cl. The van der Waals surface area contributed by atoms with Crippen LogP contribution in [0.5, 0.6) is 0 Å². The van der Waals surface area contributed by atoms with Gasteiger partial charge in [0.15, 0.2) is 0 Å². The van der Waals surface area contributed by atoms with Crippen molar-refractivity contribution in [1.82, 2.24) is 20.4 Å². The molecule has 6 nitrogen and oxygen atoms in total. The van der Waals surface area contributed by atoms with Crippen LogP contribution in [0.25, 0.3) is 0 Å². The molecule has 0 radical (unpaired) electrons. The van der Waals surface area contributed by atoms with Crippen LogP contribution in [-0.4, -0.2) is 59.9 Å². The second-order valence-corrected chi connectivity index (χ2v) is 12.7. The van der Waals surface area contributed by atoms with Gasteiger partial charge in [-0.25, -0.2) is 0 Å². The van der Waals surface area contributed by atoms with Crippen molar-refractivity contribution in [3.05, 3.63) is 81.9 Å². The first-order valence-corrected chi connectivity index (χ1v) is 15.8. The van der Waals surface area contributed by atoms with Crippen LogP contribution in [0, 0.1) is 5.92 Å². The number of rotatable bonds is 9. The van der Waals surface area contributed by atoms with Gasteiger partial charge in [0.05, 0.1) is 0 Å². The largest absolute Gasteiger partial charge is 0.344 e. The second kappa shape index (κ2) is 16.8. The van der Waals surface area contributed by atoms with Crippen molar-refractivity contribution in [2.24, 2.45) is 5.92 Å². The highest BCUT2D eigenvalue weighted by Crippen LogP contribution is 2.31. The monoisotopic (exact) mass is 648 g/mol. The molecule has 2 unspecified atom stereocenters. The number of fused-ring (bicyclic) bond motifs is 1. The molecule has 2 heterocycles. The summed E-state index contributed by atoms with van der Waals surface area (Å²) < 4.78 is 0. The van der Waals surface area contributed by atoms with Crippen molar-refractivity contribution in [1.29, 1.82) is 0 Å². The van der Waals surface area contributed by atoms with Crippen LogP contribution >= 0.6 is 36.4 Å². The summed E-state index contributed by atoms with van der Waals surface area (Å²) >= 11 is 6.12. The minimum Gasteiger partial charge on any atom is -0.344 e. The number of amides is 2. The molecule has 2 aromatic carbocycles. The van der Waals surface area contributed by atoms with Gasteiger partial charge >= 0.3 is 0 Å². The lowest BCUT2D eigenvalue weighted by Gasteiger charge is -2.43. The minimum atomic E-state index is -0.612. The number of hydrogen-bond donors (Lipinski definition) is 2. The molecule has 1 saturated heterocycles. The van der Waals surface area contributed by atoms with Gasteiger partial charge in [-0.15, -0.1) is 24.8 Å². The topological polar surface area (TPSA) is 64.7 Å². The molecule has 2 N–H and O–H groups in total. The first kappa shape index (κ1) is 35.4. The second-order valence-electron chi connectivity index (χ2n) is 12.3. The predicted molar refractivity (Wildman–Crippen MR) is 180 cm³/mol. The molecule has 3 aliphatic rings. The smallest absolute Gasteiger partial charge is 0.245 e. The zero-order valence-electron chi connectivity index (χ0n) is 25.4. The lowest BCUT2D eigenvalue weighted by atomic mass is 9.82. The molecule has 1 saturated carbocycles. The number of nitrogens with one attached hydrogen (secondary N) is 2. The zero-order valence-corrected chi connectivity index (χ0v) is 27.8. The fourth-order valence-electron chi connectivity index (χ4n) is 6.87. The molecular formula is C34H47Cl3N4O2. The van der Waals surface area contributed by atoms with Gasteiger partial charge < -0.3 is 15.5 Å². The standard InChI is InChI=1S/C34H45ClN4O2.2ClH/c1-24(2)20-32(26-8-4-3-5-9-26)38-16-18-39(19-17-38)34(41)31(21-25-12-14-28(35)15-13-25)37-33(40)22-30-29-11-7-6-10-27(29)23-36-30;;/h6-7,10-15,20,26,30-32,36H,3-5,8-9,16-19,21-23H2,1-2H3,(H,37,40);2*1H/t30?,31-,32?;;/m1../s1. The third-order valence-corrected chi connectivity index (χ3v) is 9.28. The van der Waals surface area contributed by atoms with Gasteiger partial charge in [-0.3, -0.25) is 14.5 Å². The van der Waals surface area contributed by atoms with Crippen molar-refractivity contribution in [2.75, 3.05) is 26.2 Å². The highest BCUT2D eigenvalue weighted by Gasteiger charge is 2.34. The number of allylic oxidation sites excluding steroid dienone is 1. The molecule has 2 aliphatic heterocycles. The summed E-state index contributed by atoms with van der Waals surface area (Å²) in [5.74, 6) is 0.599. The van der Waals surface area contributed by atoms with E-state index in [2.05, 4.69) is 47.6 Å². The van der Waals surface area contributed by atoms with Crippen LogP contribution < -0.4 is 10.6 Å². The molecule has 0 spiro atoms. The van der Waals surface area contributed by atoms with Crippen LogP contribution in [0.15, 0.2) is 60.2 Å². The Kier molecular flexibility index (Phi) is 13.9. The number of nitrogens with zero attached hydrogens (tertiary/aromatic N) is 2. The summed E-state index contributed by atoms with van der Waals surface area (Å²) in [7, 11) is 0. The summed E-state index contributed by atoms with van der Waals surface area (Å²) in [6.45, 7) is 8.24. The first-order chi connectivity index (χ1) is 19.9. The van der Waals surface area contributed by atoms with E-state index in [1.807, 2.05) is 41.3 Å². The van der Waals surface area contributed by atoms with E-state index in [1.54, 1.807) is 0 Å². The lowest BCUT2D eigenvalue weighted by Crippen LogP contribution is -2.57. The fourth-order valence-corrected chi connectivity index (χ4v) is 7.00. The molecule has 43 heavy (non-hydrogen) atoms. The molecule has 5 rings (SSSR count). The fraction of sp³-hybridized carbons (Fsp3) is 0.529. The van der Waals surface area contributed by atoms with Crippen LogP contribution in [0.2, 0.25) is 5.02 Å². The summed E-state index contributed by atoms with van der Waals surface area (Å²) in [4.78, 5) is 31.8. The number of carbonyl (C=O) groups excluding carboxylic acids is 2. The van der Waals surface area contributed by atoms with Crippen molar-refractivity contribution >= 4 is 48.2 Å². The zero-order chi connectivity index (χ0) is 28.8. The molecular weight excluding hydrogens is 603 g/mol. The Morgan fingerprint density at radius 3 is 2.33 bits per heavy atom. The summed E-state index contributed by atoms with van der Waals surface area (Å²) in [5, 5.41) is 7.23. The van der Waals surface area contributed by atoms with Crippen LogP contribution in [0.4, 0.5) is 0 Å². The average molecular weight is 650 g/mol. The van der Waals surface area contributed by atoms with E-state index in [0.29, 0.717) is 42.9 Å². The molecule has 2 fully saturated rings. The molecule has 0 bridgehead atoms. The van der Waals surface area contributed by atoms with E-state index in [-0.39, 0.29) is 42.7 Å². The van der Waals surface area contributed by atoms with Crippen molar-refractivity contribution < 1.29 is 9.59 Å². The van der Waals surface area contributed by atoms with Gasteiger partial charge in [-0.05, 0) is 61.4 Å². The Morgan fingerprint density at radius 2 is 1.65 bits per heavy atom. The van der Waals surface area contributed by atoms with Gasteiger partial charge in [-0.2, -0.15) is 0 Å². The maximum absolute atomic E-state index is 13.9. The number of hydrogen-bond acceptors (Lipinski definition) is 4. The number of halogens is 3. The number of carbonyl (C=O) groups is 2. The van der Waals surface area contributed by atoms with Crippen molar-refractivity contribution in [3.63, 3.8) is 0 Å². The molecule has 1 aliphatic carbocycles. The summed E-state index contributed by atoms with van der Waals surface area (Å²) in [5.41, 5.74) is 4.75. The van der Waals surface area contributed by atoms with E-state index in [4.69, 9.17) is 11.6 Å². The quantitative estimate of drug-likeness (QED) is 0.304. The highest BCUT2D eigenvalue weighted by molar-refractivity contribution is 6.30. The molecule has 2 amide bonds. The van der Waals surface area contributed by atoms with Gasteiger partial charge in [0.1, 0.15) is 6.04 Å². The maximum atomic E-state index is 13.9. The van der Waals surface area contributed by atoms with Crippen LogP contribution in [0.1, 0.15) is 75.1 Å². The predicted octanol–water partition coefficient (Wildman–Crippen LogP) is 6.50. The third-order valence-electron chi connectivity index (χ3n) is 9.03. The van der Waals surface area contributed by atoms with E-state index in [1.165, 1.54) is 48.8 Å². The summed E-state index contributed by atoms with van der Waals surface area (Å²) in [6, 6.07) is 15.6. The first-order valence-electron chi connectivity index (χ1n) is 15.4. The third kappa shape index (κ3) is 9.45. The van der Waals surface area contributed by atoms with Crippen LogP contribution in [0.3, 0.4) is 0 Å². The van der Waals surface area contributed by atoms with E-state index in [0.717, 1.165) is 25.2 Å². The molecule has 9 heteroatoms. The van der Waals surface area contributed by atoms with Gasteiger partial charge in [0.25, 0.3) is 0 Å². The Balaban J connectivity index is 0.00000253. The molecule has 0 aromatic heterocycles. The van der Waals surface area contributed by atoms with Gasteiger partial charge in [-0.1, -0.05) is 78.9 Å². The normalized spacial score (nSPS) is 20.2. The van der Waals surface area contributed by atoms with Crippen molar-refractivity contribution in [2.45, 2.75) is 83.5 Å². The van der Waals surface area contributed by atoms with E-state index >= 15 is 0 Å². The number of benzene rings is 2. The van der Waals surface area contributed by atoms with Gasteiger partial charge in [0, 0.05) is 62.7 Å². The van der Waals surface area contributed by atoms with Crippen LogP contribution in [-0.2, 0) is 22.6 Å². The molecule has 2 aromatic rings.